The van der Waals surface area contributed by atoms with Gasteiger partial charge in [-0.1, -0.05) is 35.5 Å². The standard InChI is InChI=1S/C14H12N2O/c1-9(16-17)12-8-15-13-7-6-10-4-2-3-5-11(10)14(12)13/h2-8,15,17H,1H3/b16-9+. The van der Waals surface area contributed by atoms with E-state index in [0.29, 0.717) is 5.71 Å². The van der Waals surface area contributed by atoms with Crippen LogP contribution in [0.1, 0.15) is 12.5 Å². The molecule has 1 aromatic heterocycles. The molecule has 0 aliphatic carbocycles. The molecule has 0 amide bonds. The Labute approximate surface area is 98.4 Å². The molecule has 0 saturated carbocycles. The van der Waals surface area contributed by atoms with E-state index in [0.717, 1.165) is 16.5 Å². The van der Waals surface area contributed by atoms with Gasteiger partial charge in [-0.15, -0.1) is 0 Å². The summed E-state index contributed by atoms with van der Waals surface area (Å²) in [4.78, 5) is 3.20. The van der Waals surface area contributed by atoms with E-state index < -0.39 is 0 Å². The molecule has 0 fully saturated rings. The van der Waals surface area contributed by atoms with Gasteiger partial charge in [-0.2, -0.15) is 0 Å². The summed E-state index contributed by atoms with van der Waals surface area (Å²) in [6, 6.07) is 12.3. The van der Waals surface area contributed by atoms with Gasteiger partial charge in [0.1, 0.15) is 0 Å². The van der Waals surface area contributed by atoms with Crippen molar-refractivity contribution in [1.82, 2.24) is 4.98 Å². The summed E-state index contributed by atoms with van der Waals surface area (Å²) in [5, 5.41) is 15.7. The number of hydrogen-bond acceptors (Lipinski definition) is 2. The van der Waals surface area contributed by atoms with Crippen LogP contribution in [0.4, 0.5) is 0 Å². The van der Waals surface area contributed by atoms with E-state index in [1.807, 2.05) is 24.4 Å². The van der Waals surface area contributed by atoms with Crippen LogP contribution in [0.3, 0.4) is 0 Å². The molecule has 0 aliphatic rings. The fraction of sp³-hybridized carbons (Fsp3) is 0.0714. The number of hydrogen-bond donors (Lipinski definition) is 2. The van der Waals surface area contributed by atoms with Gasteiger partial charge in [0.25, 0.3) is 0 Å². The molecule has 3 nitrogen and oxygen atoms in total. The second-order valence-corrected chi connectivity index (χ2v) is 4.10. The Morgan fingerprint density at radius 3 is 2.82 bits per heavy atom. The van der Waals surface area contributed by atoms with Crippen LogP contribution in [0.15, 0.2) is 47.8 Å². The number of oxime groups is 1. The van der Waals surface area contributed by atoms with Gasteiger partial charge in [0, 0.05) is 22.7 Å². The fourth-order valence-electron chi connectivity index (χ4n) is 2.24. The van der Waals surface area contributed by atoms with Crippen molar-refractivity contribution in [2.24, 2.45) is 5.16 Å². The smallest absolute Gasteiger partial charge is 0.0858 e. The summed E-state index contributed by atoms with van der Waals surface area (Å²) in [5.74, 6) is 0. The lowest BCUT2D eigenvalue weighted by Crippen LogP contribution is -1.92. The van der Waals surface area contributed by atoms with Crippen molar-refractivity contribution in [3.8, 4) is 0 Å². The van der Waals surface area contributed by atoms with Gasteiger partial charge in [0.15, 0.2) is 0 Å². The average Bonchev–Trinajstić information content (AvgIpc) is 2.82. The Kier molecular flexibility index (Phi) is 2.11. The zero-order valence-corrected chi connectivity index (χ0v) is 9.44. The first-order valence-corrected chi connectivity index (χ1v) is 5.49. The first kappa shape index (κ1) is 9.90. The van der Waals surface area contributed by atoms with Gasteiger partial charge in [0.2, 0.25) is 0 Å². The minimum absolute atomic E-state index is 0.618. The summed E-state index contributed by atoms with van der Waals surface area (Å²) in [6.07, 6.45) is 1.88. The molecule has 0 unspecified atom stereocenters. The van der Waals surface area contributed by atoms with Gasteiger partial charge in [-0.05, 0) is 23.8 Å². The highest BCUT2D eigenvalue weighted by atomic mass is 16.4. The van der Waals surface area contributed by atoms with Crippen LogP contribution in [0.5, 0.6) is 0 Å². The van der Waals surface area contributed by atoms with E-state index in [1.54, 1.807) is 6.92 Å². The minimum Gasteiger partial charge on any atom is -0.411 e. The minimum atomic E-state index is 0.618. The zero-order valence-electron chi connectivity index (χ0n) is 9.44. The number of fused-ring (bicyclic) bond motifs is 3. The second kappa shape index (κ2) is 3.63. The Morgan fingerprint density at radius 1 is 1.18 bits per heavy atom. The van der Waals surface area contributed by atoms with Crippen molar-refractivity contribution in [2.45, 2.75) is 6.92 Å². The Balaban J connectivity index is 2.51. The maximum absolute atomic E-state index is 8.91. The largest absolute Gasteiger partial charge is 0.411 e. The highest BCUT2D eigenvalue weighted by Crippen LogP contribution is 2.28. The van der Waals surface area contributed by atoms with Crippen molar-refractivity contribution in [3.05, 3.63) is 48.2 Å². The molecule has 0 saturated heterocycles. The second-order valence-electron chi connectivity index (χ2n) is 4.10. The lowest BCUT2D eigenvalue weighted by Gasteiger charge is -2.02. The molecule has 0 radical (unpaired) electrons. The third-order valence-corrected chi connectivity index (χ3v) is 3.11. The summed E-state index contributed by atoms with van der Waals surface area (Å²) in [7, 11) is 0. The van der Waals surface area contributed by atoms with E-state index >= 15 is 0 Å². The predicted octanol–water partition coefficient (Wildman–Crippen LogP) is 3.52. The van der Waals surface area contributed by atoms with Gasteiger partial charge in [-0.25, -0.2) is 0 Å². The Bertz CT molecular complexity index is 725. The highest BCUT2D eigenvalue weighted by Gasteiger charge is 2.09. The number of rotatable bonds is 1. The summed E-state index contributed by atoms with van der Waals surface area (Å²) >= 11 is 0. The third-order valence-electron chi connectivity index (χ3n) is 3.11. The molecule has 3 rings (SSSR count). The first-order chi connectivity index (χ1) is 8.31. The first-order valence-electron chi connectivity index (χ1n) is 5.49. The lowest BCUT2D eigenvalue weighted by molar-refractivity contribution is 0.319. The van der Waals surface area contributed by atoms with Gasteiger partial charge < -0.3 is 10.2 Å². The summed E-state index contributed by atoms with van der Waals surface area (Å²) < 4.78 is 0. The van der Waals surface area contributed by atoms with Crippen LogP contribution in [-0.4, -0.2) is 15.9 Å². The monoisotopic (exact) mass is 224 g/mol. The predicted molar refractivity (Wildman–Crippen MR) is 69.8 cm³/mol. The van der Waals surface area contributed by atoms with Crippen molar-refractivity contribution < 1.29 is 5.21 Å². The lowest BCUT2D eigenvalue weighted by atomic mass is 10.0. The van der Waals surface area contributed by atoms with E-state index in [1.165, 1.54) is 10.8 Å². The molecule has 2 aromatic carbocycles. The average molecular weight is 224 g/mol. The molecule has 3 heteroatoms. The van der Waals surface area contributed by atoms with Crippen LogP contribution < -0.4 is 0 Å². The molecule has 84 valence electrons. The fourth-order valence-corrected chi connectivity index (χ4v) is 2.24. The third kappa shape index (κ3) is 1.40. The molecule has 1 heterocycles. The van der Waals surface area contributed by atoms with Gasteiger partial charge in [0.05, 0.1) is 5.71 Å². The topological polar surface area (TPSA) is 48.4 Å². The SMILES string of the molecule is C/C(=N\O)c1c[nH]c2ccc3ccccc3c12. The number of nitrogens with zero attached hydrogens (tertiary/aromatic N) is 1. The van der Waals surface area contributed by atoms with Gasteiger partial charge in [-0.3, -0.25) is 0 Å². The number of H-pyrrole nitrogens is 1. The van der Waals surface area contributed by atoms with Crippen LogP contribution in [-0.2, 0) is 0 Å². The summed E-state index contributed by atoms with van der Waals surface area (Å²) in [5.41, 5.74) is 2.62. The van der Waals surface area contributed by atoms with E-state index in [9.17, 15) is 0 Å². The maximum atomic E-state index is 8.91. The molecular formula is C14H12N2O. The molecule has 17 heavy (non-hydrogen) atoms. The number of aromatic amines is 1. The number of nitrogens with one attached hydrogen (secondary N) is 1. The normalized spacial score (nSPS) is 12.4. The maximum Gasteiger partial charge on any atom is 0.0858 e. The molecular weight excluding hydrogens is 212 g/mol. The van der Waals surface area contributed by atoms with Crippen LogP contribution >= 0.6 is 0 Å². The van der Waals surface area contributed by atoms with E-state index in [-0.39, 0.29) is 0 Å². The van der Waals surface area contributed by atoms with E-state index in [2.05, 4.69) is 28.3 Å². The molecule has 3 aromatic rings. The van der Waals surface area contributed by atoms with Crippen LogP contribution in [0, 0.1) is 0 Å². The Morgan fingerprint density at radius 2 is 2.00 bits per heavy atom. The van der Waals surface area contributed by atoms with Crippen molar-refractivity contribution in [1.29, 1.82) is 0 Å². The molecule has 0 aliphatic heterocycles. The quantitative estimate of drug-likeness (QED) is 0.371. The molecule has 2 N–H and O–H groups in total. The number of benzene rings is 2. The van der Waals surface area contributed by atoms with Crippen molar-refractivity contribution in [2.75, 3.05) is 0 Å². The summed E-state index contributed by atoms with van der Waals surface area (Å²) in [6.45, 7) is 1.80. The van der Waals surface area contributed by atoms with Crippen molar-refractivity contribution >= 4 is 27.4 Å². The van der Waals surface area contributed by atoms with E-state index in [4.69, 9.17) is 5.21 Å². The van der Waals surface area contributed by atoms with Crippen LogP contribution in [0.25, 0.3) is 21.7 Å². The van der Waals surface area contributed by atoms with Crippen molar-refractivity contribution in [3.63, 3.8) is 0 Å². The van der Waals surface area contributed by atoms with Crippen LogP contribution in [0.2, 0.25) is 0 Å². The molecule has 0 spiro atoms. The van der Waals surface area contributed by atoms with Gasteiger partial charge >= 0.3 is 0 Å². The molecule has 0 bridgehead atoms. The molecule has 0 atom stereocenters. The Hall–Kier alpha value is -2.29. The number of aromatic nitrogens is 1. The highest BCUT2D eigenvalue weighted by molar-refractivity contribution is 6.18. The zero-order chi connectivity index (χ0) is 11.8.